The van der Waals surface area contributed by atoms with Gasteiger partial charge in [-0.25, -0.2) is 8.42 Å². The predicted octanol–water partition coefficient (Wildman–Crippen LogP) is 0.271. The summed E-state index contributed by atoms with van der Waals surface area (Å²) in [6.45, 7) is -0.628. The van der Waals surface area contributed by atoms with Crippen LogP contribution in [0.15, 0.2) is 29.2 Å². The number of carbonyl (C=O) groups excluding carboxylic acids is 3. The van der Waals surface area contributed by atoms with Crippen LogP contribution in [-0.4, -0.2) is 83.0 Å². The molecular weight excluding hydrogens is 416 g/mol. The molecule has 1 heterocycles. The van der Waals surface area contributed by atoms with E-state index < -0.39 is 46.9 Å². The van der Waals surface area contributed by atoms with E-state index >= 15 is 0 Å². The van der Waals surface area contributed by atoms with E-state index in [2.05, 4.69) is 9.47 Å². The quantitative estimate of drug-likeness (QED) is 0.526. The molecule has 1 aliphatic heterocycles. The summed E-state index contributed by atoms with van der Waals surface area (Å²) in [5.41, 5.74) is 0. The number of nitrogens with zero attached hydrogens (tertiary/aromatic N) is 2. The van der Waals surface area contributed by atoms with Gasteiger partial charge in [0.15, 0.2) is 0 Å². The van der Waals surface area contributed by atoms with Crippen LogP contribution < -0.4 is 4.74 Å². The van der Waals surface area contributed by atoms with Gasteiger partial charge in [0.1, 0.15) is 18.8 Å². The number of esters is 2. The van der Waals surface area contributed by atoms with Gasteiger partial charge in [0, 0.05) is 13.1 Å². The third kappa shape index (κ3) is 5.70. The normalized spacial score (nSPS) is 17.1. The Morgan fingerprint density at radius 1 is 1.03 bits per heavy atom. The molecule has 2 rings (SSSR count). The Balaban J connectivity index is 2.18. The zero-order valence-corrected chi connectivity index (χ0v) is 18.0. The first kappa shape index (κ1) is 23.6. The number of methoxy groups -OCH3 is 3. The maximum Gasteiger partial charge on any atom is 0.325 e. The number of benzene rings is 1. The summed E-state index contributed by atoms with van der Waals surface area (Å²) in [5.74, 6) is -2.04. The van der Waals surface area contributed by atoms with E-state index in [1.807, 2.05) is 0 Å². The largest absolute Gasteiger partial charge is 0.497 e. The van der Waals surface area contributed by atoms with Crippen molar-refractivity contribution in [3.8, 4) is 5.75 Å². The van der Waals surface area contributed by atoms with Crippen molar-refractivity contribution in [3.63, 3.8) is 0 Å². The lowest BCUT2D eigenvalue weighted by Gasteiger charge is -2.33. The van der Waals surface area contributed by atoms with Crippen molar-refractivity contribution < 1.29 is 37.0 Å². The van der Waals surface area contributed by atoms with E-state index in [1.54, 1.807) is 12.1 Å². The summed E-state index contributed by atoms with van der Waals surface area (Å²) in [6.07, 6.45) is 0.905. The maximum absolute atomic E-state index is 13.0. The van der Waals surface area contributed by atoms with Gasteiger partial charge in [0.2, 0.25) is 15.9 Å². The second kappa shape index (κ2) is 10.4. The minimum absolute atomic E-state index is 0.0496. The monoisotopic (exact) mass is 442 g/mol. The fourth-order valence-corrected chi connectivity index (χ4v) is 4.69. The molecule has 0 bridgehead atoms. The number of rotatable bonds is 8. The molecule has 1 amide bonds. The second-order valence-electron chi connectivity index (χ2n) is 6.72. The van der Waals surface area contributed by atoms with Crippen LogP contribution in [-0.2, 0) is 33.9 Å². The van der Waals surface area contributed by atoms with E-state index in [0.717, 1.165) is 4.90 Å². The molecule has 1 aromatic carbocycles. The standard InChI is InChI=1S/C19H26N2O8S/c1-27-15-6-8-16(9-7-15)30(25,26)21-10-4-5-14(11-21)19(24)20(12-17(22)28-2)13-18(23)29-3/h6-9,14H,4-5,10-13H2,1-3H3. The molecular formula is C19H26N2O8S. The Morgan fingerprint density at radius 3 is 2.10 bits per heavy atom. The number of ether oxygens (including phenoxy) is 3. The SMILES string of the molecule is COC(=O)CN(CC(=O)OC)C(=O)C1CCCN(S(=O)(=O)c2ccc(OC)cc2)C1. The Hall–Kier alpha value is -2.66. The number of carbonyl (C=O) groups is 3. The molecule has 0 aliphatic carbocycles. The first-order chi connectivity index (χ1) is 14.2. The van der Waals surface area contributed by atoms with E-state index in [9.17, 15) is 22.8 Å². The minimum Gasteiger partial charge on any atom is -0.497 e. The zero-order chi connectivity index (χ0) is 22.3. The lowest BCUT2D eigenvalue weighted by atomic mass is 9.98. The lowest BCUT2D eigenvalue weighted by molar-refractivity contribution is -0.154. The molecule has 1 fully saturated rings. The third-order valence-electron chi connectivity index (χ3n) is 4.84. The predicted molar refractivity (Wildman–Crippen MR) is 105 cm³/mol. The van der Waals surface area contributed by atoms with Gasteiger partial charge >= 0.3 is 11.9 Å². The van der Waals surface area contributed by atoms with E-state index in [4.69, 9.17) is 4.74 Å². The Bertz CT molecular complexity index is 851. The summed E-state index contributed by atoms with van der Waals surface area (Å²) < 4.78 is 41.4. The van der Waals surface area contributed by atoms with Gasteiger partial charge in [-0.2, -0.15) is 4.31 Å². The highest BCUT2D eigenvalue weighted by Gasteiger charge is 2.36. The summed E-state index contributed by atoms with van der Waals surface area (Å²) in [6, 6.07) is 5.99. The van der Waals surface area contributed by atoms with Crippen molar-refractivity contribution in [2.45, 2.75) is 17.7 Å². The molecule has 1 aliphatic rings. The number of sulfonamides is 1. The Kier molecular flexibility index (Phi) is 8.18. The third-order valence-corrected chi connectivity index (χ3v) is 6.72. The fourth-order valence-electron chi connectivity index (χ4n) is 3.17. The van der Waals surface area contributed by atoms with Crippen LogP contribution in [0.2, 0.25) is 0 Å². The molecule has 30 heavy (non-hydrogen) atoms. The molecule has 0 N–H and O–H groups in total. The smallest absolute Gasteiger partial charge is 0.325 e. The summed E-state index contributed by atoms with van der Waals surface area (Å²) in [5, 5.41) is 0. The average Bonchev–Trinajstić information content (AvgIpc) is 2.77. The molecule has 0 spiro atoms. The van der Waals surface area contributed by atoms with E-state index in [0.29, 0.717) is 18.6 Å². The molecule has 1 atom stereocenters. The van der Waals surface area contributed by atoms with Gasteiger partial charge in [-0.05, 0) is 37.1 Å². The Labute approximate surface area is 175 Å². The molecule has 1 aromatic rings. The number of piperidine rings is 1. The van der Waals surface area contributed by atoms with Gasteiger partial charge in [0.05, 0.1) is 32.1 Å². The van der Waals surface area contributed by atoms with Gasteiger partial charge in [-0.1, -0.05) is 0 Å². The summed E-state index contributed by atoms with van der Waals surface area (Å²) in [4.78, 5) is 37.4. The van der Waals surface area contributed by atoms with Crippen molar-refractivity contribution in [1.82, 2.24) is 9.21 Å². The number of hydrogen-bond donors (Lipinski definition) is 0. The van der Waals surface area contributed by atoms with Gasteiger partial charge in [-0.3, -0.25) is 14.4 Å². The highest BCUT2D eigenvalue weighted by molar-refractivity contribution is 7.89. The zero-order valence-electron chi connectivity index (χ0n) is 17.2. The van der Waals surface area contributed by atoms with Crippen molar-refractivity contribution in [2.75, 3.05) is 47.5 Å². The topological polar surface area (TPSA) is 120 Å². The molecule has 166 valence electrons. The molecule has 1 saturated heterocycles. The highest BCUT2D eigenvalue weighted by Crippen LogP contribution is 2.26. The maximum atomic E-state index is 13.0. The second-order valence-corrected chi connectivity index (χ2v) is 8.66. The van der Waals surface area contributed by atoms with Crippen LogP contribution in [0.25, 0.3) is 0 Å². The van der Waals surface area contributed by atoms with Crippen LogP contribution in [0.3, 0.4) is 0 Å². The molecule has 11 heteroatoms. The van der Waals surface area contributed by atoms with E-state index in [1.165, 1.54) is 37.8 Å². The van der Waals surface area contributed by atoms with Crippen molar-refractivity contribution in [1.29, 1.82) is 0 Å². The van der Waals surface area contributed by atoms with Crippen LogP contribution in [0.5, 0.6) is 5.75 Å². The number of amides is 1. The average molecular weight is 442 g/mol. The van der Waals surface area contributed by atoms with Gasteiger partial charge in [0.25, 0.3) is 0 Å². The lowest BCUT2D eigenvalue weighted by Crippen LogP contribution is -2.49. The van der Waals surface area contributed by atoms with Crippen LogP contribution in [0.4, 0.5) is 0 Å². The van der Waals surface area contributed by atoms with Crippen molar-refractivity contribution in [3.05, 3.63) is 24.3 Å². The molecule has 0 aromatic heterocycles. The molecule has 0 saturated carbocycles. The van der Waals surface area contributed by atoms with E-state index in [-0.39, 0.29) is 18.0 Å². The molecule has 0 radical (unpaired) electrons. The number of hydrogen-bond acceptors (Lipinski definition) is 8. The Morgan fingerprint density at radius 2 is 1.60 bits per heavy atom. The van der Waals surface area contributed by atoms with Crippen LogP contribution >= 0.6 is 0 Å². The van der Waals surface area contributed by atoms with Crippen molar-refractivity contribution >= 4 is 27.9 Å². The minimum atomic E-state index is -3.81. The van der Waals surface area contributed by atoms with Crippen LogP contribution in [0, 0.1) is 5.92 Å². The van der Waals surface area contributed by atoms with Crippen molar-refractivity contribution in [2.24, 2.45) is 5.92 Å². The first-order valence-electron chi connectivity index (χ1n) is 9.29. The summed E-state index contributed by atoms with van der Waals surface area (Å²) >= 11 is 0. The highest BCUT2D eigenvalue weighted by atomic mass is 32.2. The van der Waals surface area contributed by atoms with Gasteiger partial charge in [-0.15, -0.1) is 0 Å². The van der Waals surface area contributed by atoms with Crippen LogP contribution in [0.1, 0.15) is 12.8 Å². The summed E-state index contributed by atoms with van der Waals surface area (Å²) in [7, 11) is 0.0211. The molecule has 1 unspecified atom stereocenters. The fraction of sp³-hybridized carbons (Fsp3) is 0.526. The van der Waals surface area contributed by atoms with Gasteiger partial charge < -0.3 is 19.1 Å². The first-order valence-corrected chi connectivity index (χ1v) is 10.7. The molecule has 10 nitrogen and oxygen atoms in total.